The van der Waals surface area contributed by atoms with Gasteiger partial charge in [-0.1, -0.05) is 0 Å². The lowest BCUT2D eigenvalue weighted by atomic mass is 9.97. The van der Waals surface area contributed by atoms with Crippen LogP contribution in [-0.4, -0.2) is 42.0 Å². The molecule has 0 bridgehead atoms. The van der Waals surface area contributed by atoms with Crippen LogP contribution in [0.2, 0.25) is 0 Å². The number of rotatable bonds is 5. The Labute approximate surface area is 158 Å². The summed E-state index contributed by atoms with van der Waals surface area (Å²) in [6.07, 6.45) is 3.35. The number of ether oxygens (including phenoxy) is 1. The van der Waals surface area contributed by atoms with E-state index in [1.54, 1.807) is 6.92 Å². The largest absolute Gasteiger partial charge is 0.462 e. The number of hydrogen-bond acceptors (Lipinski definition) is 5. The van der Waals surface area contributed by atoms with Gasteiger partial charge >= 0.3 is 5.97 Å². The molecule has 0 radical (unpaired) electrons. The van der Waals surface area contributed by atoms with Crippen LogP contribution in [0.1, 0.15) is 49.7 Å². The van der Waals surface area contributed by atoms with E-state index >= 15 is 0 Å². The van der Waals surface area contributed by atoms with E-state index in [2.05, 4.69) is 19.2 Å². The third-order valence-electron chi connectivity index (χ3n) is 4.92. The predicted octanol–water partition coefficient (Wildman–Crippen LogP) is 4.28. The van der Waals surface area contributed by atoms with Crippen LogP contribution in [0.25, 0.3) is 10.1 Å². The summed E-state index contributed by atoms with van der Waals surface area (Å²) in [5.41, 5.74) is 0.886. The monoisotopic (exact) mass is 374 g/mol. The maximum Gasteiger partial charge on any atom is 0.348 e. The van der Waals surface area contributed by atoms with Crippen LogP contribution in [0, 0.1) is 0 Å². The smallest absolute Gasteiger partial charge is 0.348 e. The Morgan fingerprint density at radius 3 is 2.65 bits per heavy atom. The highest BCUT2D eigenvalue weighted by Crippen LogP contribution is 2.29. The van der Waals surface area contributed by atoms with Crippen LogP contribution in [0.5, 0.6) is 0 Å². The number of esters is 1. The zero-order valence-corrected chi connectivity index (χ0v) is 16.4. The Morgan fingerprint density at radius 2 is 1.96 bits per heavy atom. The van der Waals surface area contributed by atoms with Gasteiger partial charge in [-0.05, 0) is 69.7 Å². The van der Waals surface area contributed by atoms with Crippen molar-refractivity contribution in [2.24, 2.45) is 0 Å². The number of piperidine rings is 1. The number of carbonyl (C=O) groups is 2. The molecule has 5 nitrogen and oxygen atoms in total. The molecular formula is C20H26N2O3S. The van der Waals surface area contributed by atoms with Gasteiger partial charge in [-0.3, -0.25) is 4.79 Å². The van der Waals surface area contributed by atoms with Gasteiger partial charge in [0.25, 0.3) is 0 Å². The summed E-state index contributed by atoms with van der Waals surface area (Å²) in [5, 5.41) is 4.22. The quantitative estimate of drug-likeness (QED) is 0.794. The maximum absolute atomic E-state index is 12.6. The summed E-state index contributed by atoms with van der Waals surface area (Å²) in [4.78, 5) is 27.1. The molecule has 1 saturated heterocycles. The SMILES string of the molecule is CCOC(=O)c1cc2cc(NCC(=O)N3[C@@H](C)CCC[C@@H]3C)ccc2s1. The molecule has 1 N–H and O–H groups in total. The molecule has 2 heterocycles. The first-order chi connectivity index (χ1) is 12.5. The Balaban J connectivity index is 1.67. The van der Waals surface area contributed by atoms with Gasteiger partial charge in [0.15, 0.2) is 0 Å². The van der Waals surface area contributed by atoms with E-state index < -0.39 is 0 Å². The van der Waals surface area contributed by atoms with Crippen molar-refractivity contribution in [2.45, 2.75) is 52.1 Å². The third-order valence-corrected chi connectivity index (χ3v) is 6.01. The van der Waals surface area contributed by atoms with E-state index in [0.29, 0.717) is 23.6 Å². The number of anilines is 1. The number of benzene rings is 1. The lowest BCUT2D eigenvalue weighted by molar-refractivity contribution is -0.135. The highest BCUT2D eigenvalue weighted by molar-refractivity contribution is 7.20. The Hall–Kier alpha value is -2.08. The molecule has 6 heteroatoms. The third kappa shape index (κ3) is 4.01. The summed E-state index contributed by atoms with van der Waals surface area (Å²) < 4.78 is 6.09. The molecule has 1 aliphatic heterocycles. The Bertz CT molecular complexity index is 791. The van der Waals surface area contributed by atoms with Crippen LogP contribution in [0.4, 0.5) is 5.69 Å². The van der Waals surface area contributed by atoms with Gasteiger partial charge < -0.3 is 15.0 Å². The van der Waals surface area contributed by atoms with E-state index in [1.165, 1.54) is 17.8 Å². The minimum Gasteiger partial charge on any atom is -0.462 e. The molecule has 1 aromatic carbocycles. The lowest BCUT2D eigenvalue weighted by Gasteiger charge is -2.39. The highest BCUT2D eigenvalue weighted by atomic mass is 32.1. The Morgan fingerprint density at radius 1 is 1.23 bits per heavy atom. The molecule has 26 heavy (non-hydrogen) atoms. The summed E-state index contributed by atoms with van der Waals surface area (Å²) in [7, 11) is 0. The van der Waals surface area contributed by atoms with E-state index in [-0.39, 0.29) is 18.4 Å². The standard InChI is InChI=1S/C20H26N2O3S/c1-4-25-20(24)18-11-15-10-16(8-9-17(15)26-18)21-12-19(23)22-13(2)6-5-7-14(22)3/h8-11,13-14,21H,4-7,12H2,1-3H3/t13-,14-/m0/s1. The number of thiophene rings is 1. The number of likely N-dealkylation sites (tertiary alicyclic amines) is 1. The van der Waals surface area contributed by atoms with Crippen LogP contribution < -0.4 is 5.32 Å². The van der Waals surface area contributed by atoms with E-state index in [1.807, 2.05) is 29.2 Å². The average Bonchev–Trinajstić information content (AvgIpc) is 3.03. The van der Waals surface area contributed by atoms with Crippen molar-refractivity contribution < 1.29 is 14.3 Å². The van der Waals surface area contributed by atoms with Crippen molar-refractivity contribution in [1.29, 1.82) is 0 Å². The number of nitrogens with one attached hydrogen (secondary N) is 1. The molecule has 0 saturated carbocycles. The fourth-order valence-corrected chi connectivity index (χ4v) is 4.57. The number of amides is 1. The zero-order valence-electron chi connectivity index (χ0n) is 15.6. The summed E-state index contributed by atoms with van der Waals surface area (Å²) in [6, 6.07) is 8.36. The molecule has 2 aromatic rings. The highest BCUT2D eigenvalue weighted by Gasteiger charge is 2.28. The maximum atomic E-state index is 12.6. The van der Waals surface area contributed by atoms with Gasteiger partial charge in [-0.25, -0.2) is 4.79 Å². The van der Waals surface area contributed by atoms with Crippen molar-refractivity contribution >= 4 is 39.0 Å². The molecular weight excluding hydrogens is 348 g/mol. The van der Waals surface area contributed by atoms with Gasteiger partial charge in [-0.15, -0.1) is 11.3 Å². The first kappa shape index (κ1) is 18.7. The van der Waals surface area contributed by atoms with Crippen molar-refractivity contribution in [3.63, 3.8) is 0 Å². The van der Waals surface area contributed by atoms with Crippen molar-refractivity contribution in [1.82, 2.24) is 4.90 Å². The number of carbonyl (C=O) groups excluding carboxylic acids is 2. The van der Waals surface area contributed by atoms with E-state index in [4.69, 9.17) is 4.74 Å². The number of hydrogen-bond donors (Lipinski definition) is 1. The van der Waals surface area contributed by atoms with E-state index in [0.717, 1.165) is 28.6 Å². The van der Waals surface area contributed by atoms with E-state index in [9.17, 15) is 9.59 Å². The minimum atomic E-state index is -0.286. The second kappa shape index (κ2) is 8.08. The molecule has 1 amide bonds. The molecule has 0 spiro atoms. The molecule has 0 unspecified atom stereocenters. The fourth-order valence-electron chi connectivity index (χ4n) is 3.64. The normalized spacial score (nSPS) is 20.2. The van der Waals surface area contributed by atoms with Gasteiger partial charge in [0.05, 0.1) is 13.2 Å². The van der Waals surface area contributed by atoms with Crippen molar-refractivity contribution in [2.75, 3.05) is 18.5 Å². The molecule has 0 aliphatic carbocycles. The number of nitrogens with zero attached hydrogens (tertiary/aromatic N) is 1. The molecule has 140 valence electrons. The van der Waals surface area contributed by atoms with Gasteiger partial charge in [-0.2, -0.15) is 0 Å². The fraction of sp³-hybridized carbons (Fsp3) is 0.500. The first-order valence-corrected chi connectivity index (χ1v) is 10.1. The minimum absolute atomic E-state index is 0.141. The van der Waals surface area contributed by atoms with Crippen molar-refractivity contribution in [3.05, 3.63) is 29.1 Å². The first-order valence-electron chi connectivity index (χ1n) is 9.25. The predicted molar refractivity (Wildman–Crippen MR) is 106 cm³/mol. The molecule has 3 rings (SSSR count). The topological polar surface area (TPSA) is 58.6 Å². The van der Waals surface area contributed by atoms with Crippen LogP contribution in [0.15, 0.2) is 24.3 Å². The Kier molecular flexibility index (Phi) is 5.81. The second-order valence-corrected chi connectivity index (χ2v) is 7.95. The summed E-state index contributed by atoms with van der Waals surface area (Å²) in [5.74, 6) is -0.145. The molecule has 1 aliphatic rings. The molecule has 2 atom stereocenters. The summed E-state index contributed by atoms with van der Waals surface area (Å²) >= 11 is 1.42. The van der Waals surface area contributed by atoms with Crippen LogP contribution >= 0.6 is 11.3 Å². The van der Waals surface area contributed by atoms with Gasteiger partial charge in [0.2, 0.25) is 5.91 Å². The van der Waals surface area contributed by atoms with Crippen LogP contribution in [0.3, 0.4) is 0 Å². The van der Waals surface area contributed by atoms with Gasteiger partial charge in [0, 0.05) is 22.5 Å². The van der Waals surface area contributed by atoms with Gasteiger partial charge in [0.1, 0.15) is 4.88 Å². The second-order valence-electron chi connectivity index (χ2n) is 6.87. The van der Waals surface area contributed by atoms with Crippen LogP contribution in [-0.2, 0) is 9.53 Å². The summed E-state index contributed by atoms with van der Waals surface area (Å²) in [6.45, 7) is 6.71. The van der Waals surface area contributed by atoms with Crippen molar-refractivity contribution in [3.8, 4) is 0 Å². The molecule has 1 fully saturated rings. The lowest BCUT2D eigenvalue weighted by Crippen LogP contribution is -2.49. The average molecular weight is 375 g/mol. The zero-order chi connectivity index (χ0) is 18.7. The number of fused-ring (bicyclic) bond motifs is 1. The molecule has 1 aromatic heterocycles.